The molecular weight excluding hydrogens is 509 g/mol. The van der Waals surface area contributed by atoms with Crippen LogP contribution in [0.5, 0.6) is 0 Å². The zero-order valence-electron chi connectivity index (χ0n) is 19.2. The summed E-state index contributed by atoms with van der Waals surface area (Å²) in [5.41, 5.74) is 1.01. The number of carbonyl (C=O) groups excluding carboxylic acids is 2. The molecular formula is C25H25Cl2N3O4S. The topological polar surface area (TPSA) is 86.8 Å². The molecule has 3 aromatic rings. The van der Waals surface area contributed by atoms with Gasteiger partial charge in [-0.1, -0.05) is 53.5 Å². The number of hydrogen-bond acceptors (Lipinski definition) is 4. The lowest BCUT2D eigenvalue weighted by Crippen LogP contribution is -2.50. The average molecular weight is 534 g/mol. The van der Waals surface area contributed by atoms with Gasteiger partial charge in [0.2, 0.25) is 11.8 Å². The van der Waals surface area contributed by atoms with Gasteiger partial charge in [0.25, 0.3) is 10.0 Å². The second-order valence-corrected chi connectivity index (χ2v) is 10.5. The van der Waals surface area contributed by atoms with Crippen LogP contribution in [-0.2, 0) is 26.2 Å². The number of rotatable bonds is 9. The van der Waals surface area contributed by atoms with E-state index in [-0.39, 0.29) is 23.0 Å². The second kappa shape index (κ2) is 11.6. The molecule has 0 spiro atoms. The number of nitrogens with one attached hydrogen (secondary N) is 1. The fourth-order valence-corrected chi connectivity index (χ4v) is 5.12. The highest BCUT2D eigenvalue weighted by Crippen LogP contribution is 2.26. The molecule has 7 nitrogen and oxygen atoms in total. The monoisotopic (exact) mass is 533 g/mol. The Hall–Kier alpha value is -3.07. The molecule has 184 valence electrons. The molecule has 1 atom stereocenters. The first kappa shape index (κ1) is 26.5. The van der Waals surface area contributed by atoms with Gasteiger partial charge in [0.1, 0.15) is 12.6 Å². The molecule has 35 heavy (non-hydrogen) atoms. The average Bonchev–Trinajstić information content (AvgIpc) is 2.87. The lowest BCUT2D eigenvalue weighted by molar-refractivity contribution is -0.139. The maximum atomic E-state index is 13.6. The van der Waals surface area contributed by atoms with Crippen LogP contribution in [0, 0.1) is 0 Å². The van der Waals surface area contributed by atoms with Crippen molar-refractivity contribution in [2.45, 2.75) is 24.4 Å². The van der Waals surface area contributed by atoms with Gasteiger partial charge in [0.15, 0.2) is 0 Å². The Morgan fingerprint density at radius 3 is 1.97 bits per heavy atom. The Morgan fingerprint density at radius 2 is 1.43 bits per heavy atom. The fourth-order valence-electron chi connectivity index (χ4n) is 3.43. The van der Waals surface area contributed by atoms with Crippen molar-refractivity contribution >= 4 is 50.7 Å². The Bertz CT molecular complexity index is 1270. The lowest BCUT2D eigenvalue weighted by Gasteiger charge is -2.31. The summed E-state index contributed by atoms with van der Waals surface area (Å²) >= 11 is 12.0. The van der Waals surface area contributed by atoms with Gasteiger partial charge in [-0.15, -0.1) is 0 Å². The molecule has 1 N–H and O–H groups in total. The van der Waals surface area contributed by atoms with Gasteiger partial charge in [-0.2, -0.15) is 0 Å². The Labute approximate surface area is 215 Å². The van der Waals surface area contributed by atoms with Crippen LogP contribution >= 0.6 is 23.2 Å². The lowest BCUT2D eigenvalue weighted by atomic mass is 10.1. The van der Waals surface area contributed by atoms with Gasteiger partial charge in [0, 0.05) is 23.6 Å². The molecule has 0 unspecified atom stereocenters. The standard InChI is InChI=1S/C25H25Cl2N3O4S/c1-18(25(32)28-2)29(16-19-8-10-20(26)11-9-19)24(31)17-30(22-14-12-21(27)13-15-22)35(33,34)23-6-4-3-5-7-23/h3-15,18H,16-17H2,1-2H3,(H,28,32)/t18-/m1/s1. The molecule has 0 saturated heterocycles. The number of anilines is 1. The summed E-state index contributed by atoms with van der Waals surface area (Å²) in [6.45, 7) is 1.16. The van der Waals surface area contributed by atoms with Crippen LogP contribution in [-0.4, -0.2) is 44.8 Å². The van der Waals surface area contributed by atoms with E-state index >= 15 is 0 Å². The summed E-state index contributed by atoms with van der Waals surface area (Å²) in [5, 5.41) is 3.50. The van der Waals surface area contributed by atoms with Crippen molar-refractivity contribution in [3.63, 3.8) is 0 Å². The largest absolute Gasteiger partial charge is 0.357 e. The highest BCUT2D eigenvalue weighted by atomic mass is 35.5. The van der Waals surface area contributed by atoms with Crippen LogP contribution in [0.4, 0.5) is 5.69 Å². The van der Waals surface area contributed by atoms with Crippen molar-refractivity contribution in [1.82, 2.24) is 10.2 Å². The van der Waals surface area contributed by atoms with E-state index in [0.717, 1.165) is 9.87 Å². The normalized spacial score (nSPS) is 12.0. The molecule has 0 aliphatic rings. The highest BCUT2D eigenvalue weighted by Gasteiger charge is 2.32. The molecule has 0 heterocycles. The van der Waals surface area contributed by atoms with Crippen molar-refractivity contribution in [3.8, 4) is 0 Å². The van der Waals surface area contributed by atoms with E-state index in [4.69, 9.17) is 23.2 Å². The van der Waals surface area contributed by atoms with Gasteiger partial charge in [0.05, 0.1) is 10.6 Å². The Balaban J connectivity index is 2.00. The minimum atomic E-state index is -4.10. The van der Waals surface area contributed by atoms with Gasteiger partial charge in [-0.25, -0.2) is 8.42 Å². The number of carbonyl (C=O) groups is 2. The SMILES string of the molecule is CNC(=O)[C@@H](C)N(Cc1ccc(Cl)cc1)C(=O)CN(c1ccc(Cl)cc1)S(=O)(=O)c1ccccc1. The molecule has 0 bridgehead atoms. The summed E-state index contributed by atoms with van der Waals surface area (Å²) in [4.78, 5) is 27.4. The van der Waals surface area contributed by atoms with Crippen LogP contribution < -0.4 is 9.62 Å². The number of likely N-dealkylation sites (N-methyl/N-ethyl adjacent to an activating group) is 1. The number of halogens is 2. The number of amides is 2. The van der Waals surface area contributed by atoms with Crippen molar-refractivity contribution in [1.29, 1.82) is 0 Å². The smallest absolute Gasteiger partial charge is 0.264 e. The van der Waals surface area contributed by atoms with Crippen LogP contribution in [0.1, 0.15) is 12.5 Å². The number of benzene rings is 3. The van der Waals surface area contributed by atoms with Crippen LogP contribution in [0.3, 0.4) is 0 Å². The molecule has 0 fully saturated rings. The molecule has 10 heteroatoms. The zero-order valence-corrected chi connectivity index (χ0v) is 21.5. The van der Waals surface area contributed by atoms with Gasteiger partial charge in [-0.05, 0) is 61.0 Å². The van der Waals surface area contributed by atoms with E-state index in [0.29, 0.717) is 10.0 Å². The summed E-state index contributed by atoms with van der Waals surface area (Å²) in [6.07, 6.45) is 0. The molecule has 3 aromatic carbocycles. The third-order valence-electron chi connectivity index (χ3n) is 5.40. The minimum absolute atomic E-state index is 0.0337. The molecule has 3 rings (SSSR count). The summed E-state index contributed by atoms with van der Waals surface area (Å²) < 4.78 is 28.1. The van der Waals surface area contributed by atoms with Crippen LogP contribution in [0.25, 0.3) is 0 Å². The third-order valence-corrected chi connectivity index (χ3v) is 7.70. The molecule has 0 radical (unpaired) electrons. The van der Waals surface area contributed by atoms with E-state index in [9.17, 15) is 18.0 Å². The third kappa shape index (κ3) is 6.54. The number of sulfonamides is 1. The number of hydrogen-bond donors (Lipinski definition) is 1. The summed E-state index contributed by atoms with van der Waals surface area (Å²) in [6, 6.07) is 20.0. The Morgan fingerprint density at radius 1 is 0.886 bits per heavy atom. The van der Waals surface area contributed by atoms with Gasteiger partial charge < -0.3 is 10.2 Å². The molecule has 0 aliphatic heterocycles. The first-order valence-corrected chi connectivity index (χ1v) is 12.9. The van der Waals surface area contributed by atoms with E-state index < -0.39 is 28.5 Å². The van der Waals surface area contributed by atoms with E-state index in [1.54, 1.807) is 61.5 Å². The van der Waals surface area contributed by atoms with E-state index in [1.165, 1.54) is 36.2 Å². The molecule has 0 saturated carbocycles. The molecule has 0 aliphatic carbocycles. The maximum absolute atomic E-state index is 13.6. The van der Waals surface area contributed by atoms with Gasteiger partial charge in [-0.3, -0.25) is 13.9 Å². The number of nitrogens with zero attached hydrogens (tertiary/aromatic N) is 2. The maximum Gasteiger partial charge on any atom is 0.264 e. The van der Waals surface area contributed by atoms with Crippen LogP contribution in [0.15, 0.2) is 83.8 Å². The van der Waals surface area contributed by atoms with Crippen molar-refractivity contribution in [2.24, 2.45) is 0 Å². The highest BCUT2D eigenvalue weighted by molar-refractivity contribution is 7.92. The molecule has 0 aromatic heterocycles. The molecule has 2 amide bonds. The van der Waals surface area contributed by atoms with Crippen molar-refractivity contribution < 1.29 is 18.0 Å². The predicted molar refractivity (Wildman–Crippen MR) is 138 cm³/mol. The van der Waals surface area contributed by atoms with E-state index in [1.807, 2.05) is 0 Å². The Kier molecular flexibility index (Phi) is 8.77. The van der Waals surface area contributed by atoms with E-state index in [2.05, 4.69) is 5.32 Å². The van der Waals surface area contributed by atoms with Crippen molar-refractivity contribution in [2.75, 3.05) is 17.9 Å². The predicted octanol–water partition coefficient (Wildman–Crippen LogP) is 4.35. The van der Waals surface area contributed by atoms with Crippen LogP contribution in [0.2, 0.25) is 10.0 Å². The van der Waals surface area contributed by atoms with Crippen molar-refractivity contribution in [3.05, 3.63) is 94.5 Å². The van der Waals surface area contributed by atoms with Gasteiger partial charge >= 0.3 is 0 Å². The second-order valence-electron chi connectivity index (χ2n) is 7.74. The summed E-state index contributed by atoms with van der Waals surface area (Å²) in [7, 11) is -2.62. The fraction of sp³-hybridized carbons (Fsp3) is 0.200. The first-order valence-electron chi connectivity index (χ1n) is 10.7. The zero-order chi connectivity index (χ0) is 25.6. The minimum Gasteiger partial charge on any atom is -0.357 e. The first-order chi connectivity index (χ1) is 16.6. The quantitative estimate of drug-likeness (QED) is 0.442. The summed E-state index contributed by atoms with van der Waals surface area (Å²) in [5.74, 6) is -0.929.